The lowest BCUT2D eigenvalue weighted by atomic mass is 10.0. The molecule has 0 spiro atoms. The molecule has 0 bridgehead atoms. The van der Waals surface area contributed by atoms with Crippen LogP contribution in [0, 0.1) is 0 Å². The molecule has 0 saturated carbocycles. The van der Waals surface area contributed by atoms with Gasteiger partial charge in [0.1, 0.15) is 5.03 Å². The Hall–Kier alpha value is -2.03. The van der Waals surface area contributed by atoms with Crippen LogP contribution in [0.4, 0.5) is 17.3 Å². The SMILES string of the molecule is O=C1c2cnc(Nc3cc4c(cc3Cl)CCNC4)nc2SCN1c1c(Cl)cccc1Cl. The average molecular weight is 493 g/mol. The maximum absolute atomic E-state index is 13.1. The number of anilines is 3. The molecule has 2 aliphatic heterocycles. The molecule has 0 unspecified atom stereocenters. The van der Waals surface area contributed by atoms with Crippen molar-refractivity contribution in [3.8, 4) is 0 Å². The number of halogens is 3. The van der Waals surface area contributed by atoms with E-state index in [0.29, 0.717) is 43.2 Å². The van der Waals surface area contributed by atoms with Gasteiger partial charge < -0.3 is 10.6 Å². The molecule has 10 heteroatoms. The number of hydrogen-bond donors (Lipinski definition) is 2. The molecule has 2 N–H and O–H groups in total. The maximum Gasteiger partial charge on any atom is 0.263 e. The van der Waals surface area contributed by atoms with Crippen molar-refractivity contribution in [1.82, 2.24) is 15.3 Å². The number of fused-ring (bicyclic) bond motifs is 2. The lowest BCUT2D eigenvalue weighted by molar-refractivity contribution is 0.0985. The summed E-state index contributed by atoms with van der Waals surface area (Å²) in [7, 11) is 0. The third-order valence-corrected chi connectivity index (χ3v) is 7.08. The zero-order valence-corrected chi connectivity index (χ0v) is 19.2. The fourth-order valence-corrected chi connectivity index (χ4v) is 5.42. The van der Waals surface area contributed by atoms with Gasteiger partial charge in [-0.2, -0.15) is 0 Å². The van der Waals surface area contributed by atoms with Crippen LogP contribution in [-0.4, -0.2) is 28.3 Å². The molecule has 0 saturated heterocycles. The van der Waals surface area contributed by atoms with Gasteiger partial charge in [0.2, 0.25) is 5.95 Å². The predicted octanol–water partition coefficient (Wildman–Crippen LogP) is 5.54. The minimum Gasteiger partial charge on any atom is -0.323 e. The van der Waals surface area contributed by atoms with Gasteiger partial charge in [0, 0.05) is 12.7 Å². The van der Waals surface area contributed by atoms with Crippen molar-refractivity contribution in [1.29, 1.82) is 0 Å². The first-order valence-corrected chi connectivity index (χ1v) is 11.7. The van der Waals surface area contributed by atoms with E-state index in [0.717, 1.165) is 25.2 Å². The van der Waals surface area contributed by atoms with E-state index < -0.39 is 0 Å². The fourth-order valence-electron chi connectivity index (χ4n) is 3.64. The average Bonchev–Trinajstić information content (AvgIpc) is 2.75. The molecule has 31 heavy (non-hydrogen) atoms. The van der Waals surface area contributed by atoms with Gasteiger partial charge in [-0.1, -0.05) is 52.6 Å². The Kier molecular flexibility index (Phi) is 5.71. The van der Waals surface area contributed by atoms with E-state index >= 15 is 0 Å². The highest BCUT2D eigenvalue weighted by Crippen LogP contribution is 2.39. The van der Waals surface area contributed by atoms with Crippen LogP contribution >= 0.6 is 46.6 Å². The first-order chi connectivity index (χ1) is 15.0. The first-order valence-electron chi connectivity index (χ1n) is 9.56. The molecule has 158 valence electrons. The fraction of sp³-hybridized carbons (Fsp3) is 0.190. The quantitative estimate of drug-likeness (QED) is 0.468. The molecule has 0 fully saturated rings. The summed E-state index contributed by atoms with van der Waals surface area (Å²) in [6.07, 6.45) is 2.47. The van der Waals surface area contributed by atoms with Crippen LogP contribution in [0.2, 0.25) is 15.1 Å². The molecule has 0 radical (unpaired) electrons. The van der Waals surface area contributed by atoms with Crippen molar-refractivity contribution in [2.45, 2.75) is 18.0 Å². The number of carbonyl (C=O) groups excluding carboxylic acids is 1. The minimum absolute atomic E-state index is 0.242. The third-order valence-electron chi connectivity index (χ3n) is 5.19. The van der Waals surface area contributed by atoms with E-state index in [2.05, 4.69) is 20.6 Å². The van der Waals surface area contributed by atoms with E-state index in [9.17, 15) is 4.79 Å². The van der Waals surface area contributed by atoms with Crippen molar-refractivity contribution >= 4 is 69.8 Å². The molecule has 1 amide bonds. The smallest absolute Gasteiger partial charge is 0.263 e. The Labute approximate surface area is 198 Å². The van der Waals surface area contributed by atoms with E-state index in [1.807, 2.05) is 12.1 Å². The van der Waals surface area contributed by atoms with Crippen molar-refractivity contribution in [2.75, 3.05) is 22.6 Å². The third kappa shape index (κ3) is 3.97. The van der Waals surface area contributed by atoms with Crippen LogP contribution < -0.4 is 15.5 Å². The van der Waals surface area contributed by atoms with Gasteiger partial charge in [0.15, 0.2) is 0 Å². The maximum atomic E-state index is 13.1. The van der Waals surface area contributed by atoms with Gasteiger partial charge in [-0.05, 0) is 48.4 Å². The molecule has 3 heterocycles. The number of aromatic nitrogens is 2. The molecule has 3 aromatic rings. The van der Waals surface area contributed by atoms with Crippen molar-refractivity contribution in [2.24, 2.45) is 0 Å². The monoisotopic (exact) mass is 491 g/mol. The Bertz CT molecular complexity index is 1190. The van der Waals surface area contributed by atoms with E-state index in [1.165, 1.54) is 29.1 Å². The molecule has 2 aliphatic rings. The lowest BCUT2D eigenvalue weighted by Crippen LogP contribution is -2.35. The number of para-hydroxylation sites is 1. The summed E-state index contributed by atoms with van der Waals surface area (Å²) in [5, 5.41) is 8.59. The first kappa shape index (κ1) is 20.8. The van der Waals surface area contributed by atoms with Crippen LogP contribution in [0.15, 0.2) is 41.6 Å². The van der Waals surface area contributed by atoms with Gasteiger partial charge in [-0.15, -0.1) is 0 Å². The van der Waals surface area contributed by atoms with Gasteiger partial charge >= 0.3 is 0 Å². The van der Waals surface area contributed by atoms with Crippen molar-refractivity contribution in [3.63, 3.8) is 0 Å². The molecule has 0 atom stereocenters. The van der Waals surface area contributed by atoms with E-state index in [4.69, 9.17) is 34.8 Å². The highest BCUT2D eigenvalue weighted by molar-refractivity contribution is 7.99. The Morgan fingerprint density at radius 3 is 2.71 bits per heavy atom. The second-order valence-corrected chi connectivity index (χ2v) is 9.30. The molecule has 2 aromatic carbocycles. The number of rotatable bonds is 3. The van der Waals surface area contributed by atoms with Gasteiger partial charge in [-0.25, -0.2) is 9.97 Å². The van der Waals surface area contributed by atoms with Crippen LogP contribution in [0.25, 0.3) is 0 Å². The number of nitrogens with zero attached hydrogens (tertiary/aromatic N) is 3. The lowest BCUT2D eigenvalue weighted by Gasteiger charge is -2.28. The summed E-state index contributed by atoms with van der Waals surface area (Å²) in [6.45, 7) is 1.75. The highest BCUT2D eigenvalue weighted by Gasteiger charge is 2.30. The second-order valence-electron chi connectivity index (χ2n) is 7.14. The summed E-state index contributed by atoms with van der Waals surface area (Å²) in [6, 6.07) is 9.16. The normalized spacial score (nSPS) is 15.5. The Morgan fingerprint density at radius 2 is 1.90 bits per heavy atom. The molecule has 6 nitrogen and oxygen atoms in total. The van der Waals surface area contributed by atoms with Crippen molar-refractivity contribution < 1.29 is 4.79 Å². The number of nitrogens with one attached hydrogen (secondary N) is 2. The van der Waals surface area contributed by atoms with E-state index in [1.54, 1.807) is 23.1 Å². The Morgan fingerprint density at radius 1 is 1.10 bits per heavy atom. The predicted molar refractivity (Wildman–Crippen MR) is 126 cm³/mol. The van der Waals surface area contributed by atoms with Crippen molar-refractivity contribution in [3.05, 3.63) is 68.3 Å². The topological polar surface area (TPSA) is 70.1 Å². The number of benzene rings is 2. The molecular formula is C21H16Cl3N5OS. The van der Waals surface area contributed by atoms with E-state index in [-0.39, 0.29) is 5.91 Å². The summed E-state index contributed by atoms with van der Waals surface area (Å²) in [5.41, 5.74) is 4.08. The second kappa shape index (κ2) is 8.48. The standard InChI is InChI=1S/C21H16Cl3N5OS/c22-14-2-1-3-15(23)18(14)29-10-31-19-13(20(29)30)9-26-21(28-19)27-17-7-12-8-25-5-4-11(12)6-16(17)24/h1-3,6-7,9,25H,4-5,8,10H2,(H,26,27,28). The van der Waals surface area contributed by atoms with Gasteiger partial charge in [-0.3, -0.25) is 9.69 Å². The van der Waals surface area contributed by atoms with Crippen LogP contribution in [-0.2, 0) is 13.0 Å². The van der Waals surface area contributed by atoms with Crippen LogP contribution in [0.1, 0.15) is 21.5 Å². The summed E-state index contributed by atoms with van der Waals surface area (Å²) in [5.74, 6) is 0.485. The van der Waals surface area contributed by atoms with Gasteiger partial charge in [0.05, 0.1) is 37.9 Å². The molecular weight excluding hydrogens is 477 g/mol. The largest absolute Gasteiger partial charge is 0.323 e. The van der Waals surface area contributed by atoms with Crippen LogP contribution in [0.5, 0.6) is 0 Å². The highest BCUT2D eigenvalue weighted by atomic mass is 35.5. The Balaban J connectivity index is 1.42. The number of hydrogen-bond acceptors (Lipinski definition) is 6. The molecule has 0 aliphatic carbocycles. The minimum atomic E-state index is -0.242. The number of thioether (sulfide) groups is 1. The summed E-state index contributed by atoms with van der Waals surface area (Å²) < 4.78 is 0. The molecule has 5 rings (SSSR count). The summed E-state index contributed by atoms with van der Waals surface area (Å²) in [4.78, 5) is 23.5. The molecule has 1 aromatic heterocycles. The summed E-state index contributed by atoms with van der Waals surface area (Å²) >= 11 is 20.5. The number of amides is 1. The van der Waals surface area contributed by atoms with Gasteiger partial charge in [0.25, 0.3) is 5.91 Å². The van der Waals surface area contributed by atoms with Crippen LogP contribution in [0.3, 0.4) is 0 Å². The number of carbonyl (C=O) groups is 1. The zero-order valence-electron chi connectivity index (χ0n) is 16.1. The zero-order chi connectivity index (χ0) is 21.5.